The van der Waals surface area contributed by atoms with Crippen molar-refractivity contribution in [3.8, 4) is 17.2 Å². The van der Waals surface area contributed by atoms with Gasteiger partial charge >= 0.3 is 0 Å². The summed E-state index contributed by atoms with van der Waals surface area (Å²) in [5, 5.41) is 8.47. The Morgan fingerprint density at radius 3 is 2.05 bits per heavy atom. The molecule has 2 nitrogen and oxygen atoms in total. The summed E-state index contributed by atoms with van der Waals surface area (Å²) in [6.07, 6.45) is 0.568. The fourth-order valence-electron chi connectivity index (χ4n) is 1.91. The number of benzene rings is 2. The fraction of sp³-hybridized carbons (Fsp3) is 0.176. The van der Waals surface area contributed by atoms with Gasteiger partial charge in [-0.05, 0) is 18.1 Å². The summed E-state index contributed by atoms with van der Waals surface area (Å²) in [6.45, 7) is 2.06. The summed E-state index contributed by atoms with van der Waals surface area (Å²) in [5.74, 6) is 0.0250. The summed E-state index contributed by atoms with van der Waals surface area (Å²) in [4.78, 5) is 11.7. The first-order chi connectivity index (χ1) is 9.20. The van der Waals surface area contributed by atoms with Crippen LogP contribution in [0.15, 0.2) is 48.5 Å². The SMILES string of the molecule is Cc1ccc(-c2ccc(C(=O)CCC#N)cc2)cc1. The molecule has 0 heterocycles. The van der Waals surface area contributed by atoms with Crippen LogP contribution in [0.2, 0.25) is 0 Å². The average Bonchev–Trinajstić information content (AvgIpc) is 2.46. The van der Waals surface area contributed by atoms with E-state index in [9.17, 15) is 4.79 Å². The normalized spacial score (nSPS) is 9.89. The molecule has 0 saturated heterocycles. The van der Waals surface area contributed by atoms with Gasteiger partial charge in [0.2, 0.25) is 0 Å². The maximum atomic E-state index is 11.7. The molecule has 0 amide bonds. The number of Topliss-reactive ketones (excluding diaryl/α,β-unsaturated/α-hetero) is 1. The number of nitriles is 1. The zero-order valence-electron chi connectivity index (χ0n) is 10.9. The van der Waals surface area contributed by atoms with Gasteiger partial charge in [-0.1, -0.05) is 54.1 Å². The molecule has 0 N–H and O–H groups in total. The van der Waals surface area contributed by atoms with Crippen LogP contribution in [0.5, 0.6) is 0 Å². The lowest BCUT2D eigenvalue weighted by Crippen LogP contribution is -1.97. The Morgan fingerprint density at radius 1 is 1.00 bits per heavy atom. The van der Waals surface area contributed by atoms with Gasteiger partial charge in [-0.25, -0.2) is 0 Å². The van der Waals surface area contributed by atoms with Gasteiger partial charge in [0, 0.05) is 18.4 Å². The van der Waals surface area contributed by atoms with Crippen LogP contribution in [0.3, 0.4) is 0 Å². The van der Waals surface area contributed by atoms with Crippen molar-refractivity contribution in [3.63, 3.8) is 0 Å². The van der Waals surface area contributed by atoms with Crippen molar-refractivity contribution < 1.29 is 4.79 Å². The number of nitrogens with zero attached hydrogens (tertiary/aromatic N) is 1. The topological polar surface area (TPSA) is 40.9 Å². The molecule has 0 aliphatic carbocycles. The van der Waals surface area contributed by atoms with Crippen molar-refractivity contribution in [3.05, 3.63) is 59.7 Å². The fourth-order valence-corrected chi connectivity index (χ4v) is 1.91. The van der Waals surface area contributed by atoms with Crippen molar-refractivity contribution >= 4 is 5.78 Å². The van der Waals surface area contributed by atoms with Crippen LogP contribution < -0.4 is 0 Å². The Morgan fingerprint density at radius 2 is 1.53 bits per heavy atom. The molecule has 0 aliphatic heterocycles. The predicted octanol–water partition coefficient (Wildman–Crippen LogP) is 4.15. The molecule has 94 valence electrons. The van der Waals surface area contributed by atoms with E-state index < -0.39 is 0 Å². The Hall–Kier alpha value is -2.40. The molecular formula is C17H15NO. The summed E-state index contributed by atoms with van der Waals surface area (Å²) in [5.41, 5.74) is 4.14. The average molecular weight is 249 g/mol. The first-order valence-corrected chi connectivity index (χ1v) is 6.28. The number of carbonyl (C=O) groups excluding carboxylic acids is 1. The molecule has 2 heteroatoms. The molecule has 2 rings (SSSR count). The molecule has 0 spiro atoms. The van der Waals surface area contributed by atoms with Gasteiger partial charge in [-0.3, -0.25) is 4.79 Å². The third-order valence-corrected chi connectivity index (χ3v) is 3.06. The highest BCUT2D eigenvalue weighted by Crippen LogP contribution is 2.20. The van der Waals surface area contributed by atoms with Crippen LogP contribution in [-0.2, 0) is 0 Å². The largest absolute Gasteiger partial charge is 0.294 e. The molecular weight excluding hydrogens is 234 g/mol. The molecule has 0 saturated carbocycles. The second-order valence-corrected chi connectivity index (χ2v) is 4.52. The van der Waals surface area contributed by atoms with Crippen LogP contribution in [0, 0.1) is 18.3 Å². The zero-order chi connectivity index (χ0) is 13.7. The quantitative estimate of drug-likeness (QED) is 0.764. The van der Waals surface area contributed by atoms with Crippen molar-refractivity contribution in [2.45, 2.75) is 19.8 Å². The van der Waals surface area contributed by atoms with Gasteiger partial charge < -0.3 is 0 Å². The van der Waals surface area contributed by atoms with E-state index in [-0.39, 0.29) is 12.2 Å². The Labute approximate surface area is 113 Å². The van der Waals surface area contributed by atoms with Gasteiger partial charge in [-0.15, -0.1) is 0 Å². The lowest BCUT2D eigenvalue weighted by molar-refractivity contribution is 0.0984. The number of rotatable bonds is 4. The van der Waals surface area contributed by atoms with Crippen LogP contribution >= 0.6 is 0 Å². The standard InChI is InChI=1S/C17H15NO/c1-13-4-6-14(7-5-13)15-8-10-16(11-9-15)17(19)3-2-12-18/h4-11H,2-3H2,1H3. The highest BCUT2D eigenvalue weighted by Gasteiger charge is 2.05. The van der Waals surface area contributed by atoms with E-state index in [0.717, 1.165) is 11.1 Å². The van der Waals surface area contributed by atoms with Crippen molar-refractivity contribution in [2.24, 2.45) is 0 Å². The van der Waals surface area contributed by atoms with Crippen molar-refractivity contribution in [1.82, 2.24) is 0 Å². The molecule has 0 aromatic heterocycles. The van der Waals surface area contributed by atoms with Crippen LogP contribution in [0.4, 0.5) is 0 Å². The third kappa shape index (κ3) is 3.29. The minimum absolute atomic E-state index is 0.0250. The first-order valence-electron chi connectivity index (χ1n) is 6.28. The molecule has 0 bridgehead atoms. The summed E-state index contributed by atoms with van der Waals surface area (Å²) in [7, 11) is 0. The van der Waals surface area contributed by atoms with Crippen molar-refractivity contribution in [2.75, 3.05) is 0 Å². The number of hydrogen-bond acceptors (Lipinski definition) is 2. The lowest BCUT2D eigenvalue weighted by Gasteiger charge is -2.04. The van der Waals surface area contributed by atoms with Gasteiger partial charge in [0.25, 0.3) is 0 Å². The number of aryl methyl sites for hydroxylation is 1. The minimum Gasteiger partial charge on any atom is -0.294 e. The Balaban J connectivity index is 2.17. The van der Waals surface area contributed by atoms with E-state index in [1.807, 2.05) is 30.3 Å². The lowest BCUT2D eigenvalue weighted by atomic mass is 10.0. The minimum atomic E-state index is 0.0250. The molecule has 19 heavy (non-hydrogen) atoms. The molecule has 2 aromatic carbocycles. The second-order valence-electron chi connectivity index (χ2n) is 4.52. The van der Waals surface area contributed by atoms with E-state index >= 15 is 0 Å². The van der Waals surface area contributed by atoms with Crippen LogP contribution in [-0.4, -0.2) is 5.78 Å². The molecule has 0 atom stereocenters. The van der Waals surface area contributed by atoms with E-state index in [0.29, 0.717) is 12.0 Å². The zero-order valence-corrected chi connectivity index (χ0v) is 10.9. The van der Waals surface area contributed by atoms with Gasteiger partial charge in [-0.2, -0.15) is 5.26 Å². The van der Waals surface area contributed by atoms with Gasteiger partial charge in [0.15, 0.2) is 5.78 Å². The van der Waals surface area contributed by atoms with Gasteiger partial charge in [0.05, 0.1) is 6.07 Å². The predicted molar refractivity (Wildman–Crippen MR) is 75.8 cm³/mol. The smallest absolute Gasteiger partial charge is 0.163 e. The summed E-state index contributed by atoms with van der Waals surface area (Å²) < 4.78 is 0. The monoisotopic (exact) mass is 249 g/mol. The molecule has 0 aliphatic rings. The molecule has 0 unspecified atom stereocenters. The van der Waals surface area contributed by atoms with Crippen LogP contribution in [0.1, 0.15) is 28.8 Å². The second kappa shape index (κ2) is 5.97. The first kappa shape index (κ1) is 13.0. The summed E-state index contributed by atoms with van der Waals surface area (Å²) in [6, 6.07) is 17.8. The number of hydrogen-bond donors (Lipinski definition) is 0. The summed E-state index contributed by atoms with van der Waals surface area (Å²) >= 11 is 0. The molecule has 2 aromatic rings. The number of ketones is 1. The molecule has 0 radical (unpaired) electrons. The maximum absolute atomic E-state index is 11.7. The highest BCUT2D eigenvalue weighted by molar-refractivity contribution is 5.96. The van der Waals surface area contributed by atoms with E-state index in [1.165, 1.54) is 5.56 Å². The highest BCUT2D eigenvalue weighted by atomic mass is 16.1. The van der Waals surface area contributed by atoms with Crippen LogP contribution in [0.25, 0.3) is 11.1 Å². The van der Waals surface area contributed by atoms with Crippen molar-refractivity contribution in [1.29, 1.82) is 5.26 Å². The van der Waals surface area contributed by atoms with E-state index in [4.69, 9.17) is 5.26 Å². The Bertz CT molecular complexity index is 603. The third-order valence-electron chi connectivity index (χ3n) is 3.06. The Kier molecular flexibility index (Phi) is 4.10. The van der Waals surface area contributed by atoms with E-state index in [2.05, 4.69) is 31.2 Å². The molecule has 0 fully saturated rings. The van der Waals surface area contributed by atoms with Gasteiger partial charge in [0.1, 0.15) is 0 Å². The van der Waals surface area contributed by atoms with E-state index in [1.54, 1.807) is 0 Å². The maximum Gasteiger partial charge on any atom is 0.163 e. The number of carbonyl (C=O) groups is 1.